The second-order valence-corrected chi connectivity index (χ2v) is 6.13. The molecule has 112 valence electrons. The Morgan fingerprint density at radius 3 is 2.48 bits per heavy atom. The van der Waals surface area contributed by atoms with Crippen LogP contribution in [0, 0.1) is 25.5 Å². The van der Waals surface area contributed by atoms with E-state index in [1.54, 1.807) is 0 Å². The molecule has 0 spiro atoms. The molecule has 1 atom stereocenters. The van der Waals surface area contributed by atoms with E-state index in [0.717, 1.165) is 11.6 Å². The van der Waals surface area contributed by atoms with Crippen molar-refractivity contribution in [3.05, 3.63) is 64.7 Å². The molecule has 1 nitrogen and oxygen atoms in total. The van der Waals surface area contributed by atoms with Crippen molar-refractivity contribution in [1.29, 1.82) is 0 Å². The van der Waals surface area contributed by atoms with Crippen LogP contribution in [0.4, 0.5) is 8.78 Å². The van der Waals surface area contributed by atoms with Crippen LogP contribution in [0.5, 0.6) is 0 Å². The Hall–Kier alpha value is -1.39. The summed E-state index contributed by atoms with van der Waals surface area (Å²) in [4.78, 5) is 0.346. The highest BCUT2D eigenvalue weighted by molar-refractivity contribution is 7.99. The zero-order valence-corrected chi connectivity index (χ0v) is 13.2. The van der Waals surface area contributed by atoms with Gasteiger partial charge < -0.3 is 5.32 Å². The molecule has 0 fully saturated rings. The fourth-order valence-electron chi connectivity index (χ4n) is 2.09. The lowest BCUT2D eigenvalue weighted by Crippen LogP contribution is -2.19. The molecule has 1 N–H and O–H groups in total. The summed E-state index contributed by atoms with van der Waals surface area (Å²) < 4.78 is 26.8. The summed E-state index contributed by atoms with van der Waals surface area (Å²) in [6.07, 6.45) is 0. The van der Waals surface area contributed by atoms with Crippen LogP contribution in [0.1, 0.15) is 22.7 Å². The molecular weight excluding hydrogens is 288 g/mol. The minimum absolute atomic E-state index is 0.0944. The smallest absolute Gasteiger partial charge is 0.136 e. The van der Waals surface area contributed by atoms with Gasteiger partial charge in [0, 0.05) is 16.7 Å². The van der Waals surface area contributed by atoms with Gasteiger partial charge in [0.1, 0.15) is 11.6 Å². The van der Waals surface area contributed by atoms with Gasteiger partial charge in [0.05, 0.1) is 0 Å². The van der Waals surface area contributed by atoms with E-state index in [-0.39, 0.29) is 11.9 Å². The van der Waals surface area contributed by atoms with Gasteiger partial charge in [-0.15, -0.1) is 11.8 Å². The van der Waals surface area contributed by atoms with Gasteiger partial charge in [-0.3, -0.25) is 0 Å². The number of rotatable bonds is 5. The molecule has 0 saturated carbocycles. The topological polar surface area (TPSA) is 12.0 Å². The summed E-state index contributed by atoms with van der Waals surface area (Å²) in [6.45, 7) is 4.15. The Morgan fingerprint density at radius 2 is 1.81 bits per heavy atom. The van der Waals surface area contributed by atoms with E-state index < -0.39 is 5.82 Å². The first-order valence-electron chi connectivity index (χ1n) is 6.83. The molecule has 1 unspecified atom stereocenters. The van der Waals surface area contributed by atoms with E-state index >= 15 is 0 Å². The van der Waals surface area contributed by atoms with Gasteiger partial charge >= 0.3 is 0 Å². The molecule has 0 aromatic heterocycles. The Kier molecular flexibility index (Phi) is 5.37. The van der Waals surface area contributed by atoms with Crippen LogP contribution in [-0.2, 0) is 0 Å². The number of hydrogen-bond donors (Lipinski definition) is 1. The third-order valence-corrected chi connectivity index (χ3v) is 4.70. The Labute approximate surface area is 128 Å². The number of thioether (sulfide) groups is 1. The van der Waals surface area contributed by atoms with E-state index in [4.69, 9.17) is 0 Å². The molecule has 0 amide bonds. The van der Waals surface area contributed by atoms with Crippen LogP contribution in [-0.4, -0.2) is 12.8 Å². The van der Waals surface area contributed by atoms with E-state index in [9.17, 15) is 8.78 Å². The average molecular weight is 307 g/mol. The minimum Gasteiger partial charge on any atom is -0.312 e. The third-order valence-electron chi connectivity index (χ3n) is 3.58. The maximum Gasteiger partial charge on any atom is 0.136 e. The molecule has 0 saturated heterocycles. The number of nitrogens with one attached hydrogen (secondary N) is 1. The van der Waals surface area contributed by atoms with Crippen molar-refractivity contribution in [2.24, 2.45) is 0 Å². The first kappa shape index (κ1) is 16.0. The highest BCUT2D eigenvalue weighted by Gasteiger charge is 2.12. The van der Waals surface area contributed by atoms with Crippen molar-refractivity contribution in [2.45, 2.75) is 24.8 Å². The van der Waals surface area contributed by atoms with E-state index in [0.29, 0.717) is 10.6 Å². The molecule has 0 radical (unpaired) electrons. The zero-order valence-electron chi connectivity index (χ0n) is 12.4. The van der Waals surface area contributed by atoms with Gasteiger partial charge in [-0.05, 0) is 55.8 Å². The second-order valence-electron chi connectivity index (χ2n) is 5.07. The standard InChI is InChI=1S/C17H19F2NS/c1-11-4-5-13(8-12(11)2)16(20-3)10-21-17-9-14(18)6-7-15(17)19/h4-9,16,20H,10H2,1-3H3. The highest BCUT2D eigenvalue weighted by Crippen LogP contribution is 2.28. The molecule has 2 aromatic carbocycles. The van der Waals surface area contributed by atoms with Crippen molar-refractivity contribution >= 4 is 11.8 Å². The maximum absolute atomic E-state index is 13.6. The molecule has 21 heavy (non-hydrogen) atoms. The number of hydrogen-bond acceptors (Lipinski definition) is 2. The average Bonchev–Trinajstić information content (AvgIpc) is 2.46. The molecule has 2 rings (SSSR count). The second kappa shape index (κ2) is 7.05. The monoisotopic (exact) mass is 307 g/mol. The van der Waals surface area contributed by atoms with Crippen molar-refractivity contribution in [2.75, 3.05) is 12.8 Å². The summed E-state index contributed by atoms with van der Waals surface area (Å²) in [5.41, 5.74) is 3.64. The van der Waals surface area contributed by atoms with E-state index in [1.807, 2.05) is 7.05 Å². The predicted molar refractivity (Wildman–Crippen MR) is 84.8 cm³/mol. The quantitative estimate of drug-likeness (QED) is 0.808. The lowest BCUT2D eigenvalue weighted by atomic mass is 10.0. The van der Waals surface area contributed by atoms with Crippen molar-refractivity contribution in [1.82, 2.24) is 5.32 Å². The Morgan fingerprint density at radius 1 is 1.05 bits per heavy atom. The fraction of sp³-hybridized carbons (Fsp3) is 0.294. The SMILES string of the molecule is CNC(CSc1cc(F)ccc1F)c1ccc(C)c(C)c1. The van der Waals surface area contributed by atoms with Crippen LogP contribution < -0.4 is 5.32 Å². The molecule has 0 heterocycles. The normalized spacial score (nSPS) is 12.4. The van der Waals surface area contributed by atoms with Crippen LogP contribution in [0.2, 0.25) is 0 Å². The molecule has 0 bridgehead atoms. The van der Waals surface area contributed by atoms with Gasteiger partial charge in [0.25, 0.3) is 0 Å². The molecule has 2 aromatic rings. The van der Waals surface area contributed by atoms with Crippen molar-refractivity contribution < 1.29 is 8.78 Å². The summed E-state index contributed by atoms with van der Waals surface area (Å²) in [5.74, 6) is -0.151. The minimum atomic E-state index is -0.411. The zero-order chi connectivity index (χ0) is 15.4. The number of benzene rings is 2. The van der Waals surface area contributed by atoms with Gasteiger partial charge in [-0.2, -0.15) is 0 Å². The maximum atomic E-state index is 13.6. The largest absolute Gasteiger partial charge is 0.312 e. The lowest BCUT2D eigenvalue weighted by molar-refractivity contribution is 0.576. The summed E-state index contributed by atoms with van der Waals surface area (Å²) >= 11 is 1.32. The van der Waals surface area contributed by atoms with Gasteiger partial charge in [-0.25, -0.2) is 8.78 Å². The van der Waals surface area contributed by atoms with Crippen molar-refractivity contribution in [3.8, 4) is 0 Å². The molecule has 0 aliphatic carbocycles. The van der Waals surface area contributed by atoms with Crippen LogP contribution in [0.3, 0.4) is 0 Å². The van der Waals surface area contributed by atoms with Crippen LogP contribution in [0.15, 0.2) is 41.3 Å². The van der Waals surface area contributed by atoms with Gasteiger partial charge in [-0.1, -0.05) is 18.2 Å². The number of aryl methyl sites for hydroxylation is 2. The van der Waals surface area contributed by atoms with Crippen molar-refractivity contribution in [3.63, 3.8) is 0 Å². The molecule has 4 heteroatoms. The van der Waals surface area contributed by atoms with Gasteiger partial charge in [0.2, 0.25) is 0 Å². The molecular formula is C17H19F2NS. The van der Waals surface area contributed by atoms with E-state index in [2.05, 4.69) is 37.4 Å². The summed E-state index contributed by atoms with van der Waals surface area (Å²) in [6, 6.07) is 9.94. The lowest BCUT2D eigenvalue weighted by Gasteiger charge is -2.17. The van der Waals surface area contributed by atoms with E-state index in [1.165, 1.54) is 35.0 Å². The molecule has 0 aliphatic rings. The first-order chi connectivity index (χ1) is 10.0. The van der Waals surface area contributed by atoms with Gasteiger partial charge in [0.15, 0.2) is 0 Å². The Balaban J connectivity index is 2.12. The fourth-order valence-corrected chi connectivity index (χ4v) is 3.20. The Bertz CT molecular complexity index is 628. The molecule has 0 aliphatic heterocycles. The highest BCUT2D eigenvalue weighted by atomic mass is 32.2. The first-order valence-corrected chi connectivity index (χ1v) is 7.82. The number of halogens is 2. The summed E-state index contributed by atoms with van der Waals surface area (Å²) in [7, 11) is 1.88. The van der Waals surface area contributed by atoms with Crippen LogP contribution in [0.25, 0.3) is 0 Å². The van der Waals surface area contributed by atoms with Crippen LogP contribution >= 0.6 is 11.8 Å². The third kappa shape index (κ3) is 4.05. The predicted octanol–water partition coefficient (Wildman–Crippen LogP) is 4.63. The summed E-state index contributed by atoms with van der Waals surface area (Å²) in [5, 5.41) is 3.23.